The van der Waals surface area contributed by atoms with Crippen LogP contribution in [0, 0.1) is 0 Å². The Morgan fingerprint density at radius 3 is 3.00 bits per heavy atom. The van der Waals surface area contributed by atoms with E-state index in [1.165, 1.54) is 26.9 Å². The minimum atomic E-state index is -3.08. The summed E-state index contributed by atoms with van der Waals surface area (Å²) in [4.78, 5) is 1.45. The molecule has 0 aliphatic heterocycles. The summed E-state index contributed by atoms with van der Waals surface area (Å²) in [7, 11) is -3.08. The van der Waals surface area contributed by atoms with Crippen molar-refractivity contribution in [2.24, 2.45) is 0 Å². The lowest BCUT2D eigenvalue weighted by Crippen LogP contribution is -2.33. The second-order valence-electron chi connectivity index (χ2n) is 4.49. The third-order valence-corrected chi connectivity index (χ3v) is 5.41. The van der Waals surface area contributed by atoms with E-state index in [9.17, 15) is 8.42 Å². The average molecular weight is 353 g/mol. The fourth-order valence-corrected chi connectivity index (χ4v) is 4.51. The Labute approximate surface area is 120 Å². The van der Waals surface area contributed by atoms with Gasteiger partial charge in [0.15, 0.2) is 0 Å². The van der Waals surface area contributed by atoms with E-state index in [1.54, 1.807) is 11.3 Å². The zero-order valence-electron chi connectivity index (χ0n) is 10.2. The molecule has 0 saturated heterocycles. The first-order valence-electron chi connectivity index (χ1n) is 5.92. The molecular weight excluding hydrogens is 336 g/mol. The van der Waals surface area contributed by atoms with Crippen molar-refractivity contribution in [3.63, 3.8) is 0 Å². The molecule has 0 spiro atoms. The van der Waals surface area contributed by atoms with E-state index >= 15 is 0 Å². The predicted molar refractivity (Wildman–Crippen MR) is 78.5 cm³/mol. The summed E-state index contributed by atoms with van der Waals surface area (Å²) in [5, 5.41) is 3.42. The fourth-order valence-electron chi connectivity index (χ4n) is 2.22. The highest BCUT2D eigenvalue weighted by Gasteiger charge is 2.21. The SMILES string of the molecule is CS(=O)(=O)NCCNC1CCCc2sc(Br)cc21. The van der Waals surface area contributed by atoms with Crippen LogP contribution >= 0.6 is 27.3 Å². The molecule has 4 nitrogen and oxygen atoms in total. The van der Waals surface area contributed by atoms with Gasteiger partial charge in [0.1, 0.15) is 0 Å². The number of rotatable bonds is 5. The molecule has 1 atom stereocenters. The predicted octanol–water partition coefficient (Wildman–Crippen LogP) is 2.03. The van der Waals surface area contributed by atoms with E-state index in [2.05, 4.69) is 32.0 Å². The van der Waals surface area contributed by atoms with Crippen LogP contribution in [0.4, 0.5) is 0 Å². The summed E-state index contributed by atoms with van der Waals surface area (Å²) in [5.41, 5.74) is 1.37. The molecule has 1 unspecified atom stereocenters. The lowest BCUT2D eigenvalue weighted by Gasteiger charge is -2.23. The average Bonchev–Trinajstić information content (AvgIpc) is 2.64. The molecule has 2 N–H and O–H groups in total. The van der Waals surface area contributed by atoms with Crippen LogP contribution in [0.15, 0.2) is 9.85 Å². The first-order valence-corrected chi connectivity index (χ1v) is 9.42. The number of hydrogen-bond donors (Lipinski definition) is 2. The van der Waals surface area contributed by atoms with Gasteiger partial charge in [-0.3, -0.25) is 0 Å². The van der Waals surface area contributed by atoms with Crippen LogP contribution in [0.25, 0.3) is 0 Å². The fraction of sp³-hybridized carbons (Fsp3) is 0.636. The van der Waals surface area contributed by atoms with E-state index in [1.807, 2.05) is 0 Å². The molecule has 1 aliphatic rings. The highest BCUT2D eigenvalue weighted by Crippen LogP contribution is 2.37. The molecule has 1 aliphatic carbocycles. The van der Waals surface area contributed by atoms with Crippen LogP contribution in [0.3, 0.4) is 0 Å². The van der Waals surface area contributed by atoms with Crippen molar-refractivity contribution in [2.45, 2.75) is 25.3 Å². The van der Waals surface area contributed by atoms with Crippen molar-refractivity contribution in [3.8, 4) is 0 Å². The molecule has 0 aromatic carbocycles. The summed E-state index contributed by atoms with van der Waals surface area (Å²) >= 11 is 5.33. The number of aryl methyl sites for hydroxylation is 1. The van der Waals surface area contributed by atoms with Crippen molar-refractivity contribution in [3.05, 3.63) is 20.3 Å². The molecule has 0 radical (unpaired) electrons. The highest BCUT2D eigenvalue weighted by atomic mass is 79.9. The molecule has 0 amide bonds. The van der Waals surface area contributed by atoms with Gasteiger partial charge in [0, 0.05) is 24.0 Å². The van der Waals surface area contributed by atoms with Crippen LogP contribution in [-0.2, 0) is 16.4 Å². The van der Waals surface area contributed by atoms with Crippen LogP contribution in [0.5, 0.6) is 0 Å². The van der Waals surface area contributed by atoms with Crippen LogP contribution < -0.4 is 10.0 Å². The smallest absolute Gasteiger partial charge is 0.208 e. The van der Waals surface area contributed by atoms with Crippen molar-refractivity contribution in [2.75, 3.05) is 19.3 Å². The number of halogens is 1. The lowest BCUT2D eigenvalue weighted by molar-refractivity contribution is 0.465. The van der Waals surface area contributed by atoms with Crippen molar-refractivity contribution in [1.82, 2.24) is 10.0 Å². The summed E-state index contributed by atoms with van der Waals surface area (Å²) in [6.07, 6.45) is 4.65. The monoisotopic (exact) mass is 352 g/mol. The first kappa shape index (κ1) is 14.5. The van der Waals surface area contributed by atoms with E-state index in [4.69, 9.17) is 0 Å². The number of nitrogens with one attached hydrogen (secondary N) is 2. The van der Waals surface area contributed by atoms with Gasteiger partial charge in [-0.25, -0.2) is 13.1 Å². The van der Waals surface area contributed by atoms with Crippen molar-refractivity contribution in [1.29, 1.82) is 0 Å². The molecule has 0 fully saturated rings. The Kier molecular flexibility index (Phi) is 4.82. The molecular formula is C11H17BrN2O2S2. The molecule has 102 valence electrons. The quantitative estimate of drug-likeness (QED) is 0.797. The minimum Gasteiger partial charge on any atom is -0.309 e. The molecule has 18 heavy (non-hydrogen) atoms. The molecule has 1 heterocycles. The first-order chi connectivity index (χ1) is 8.46. The summed E-state index contributed by atoms with van der Waals surface area (Å²) in [5.74, 6) is 0. The zero-order chi connectivity index (χ0) is 13.2. The molecule has 1 aromatic rings. The lowest BCUT2D eigenvalue weighted by atomic mass is 9.94. The number of thiophene rings is 1. The van der Waals surface area contributed by atoms with Gasteiger partial charge in [0.2, 0.25) is 10.0 Å². The zero-order valence-corrected chi connectivity index (χ0v) is 13.4. The maximum Gasteiger partial charge on any atom is 0.208 e. The van der Waals surface area contributed by atoms with Crippen molar-refractivity contribution >= 4 is 37.3 Å². The molecule has 0 saturated carbocycles. The Morgan fingerprint density at radius 2 is 2.28 bits per heavy atom. The van der Waals surface area contributed by atoms with E-state index < -0.39 is 10.0 Å². The minimum absolute atomic E-state index is 0.359. The van der Waals surface area contributed by atoms with E-state index in [0.717, 1.165) is 12.8 Å². The van der Waals surface area contributed by atoms with Gasteiger partial charge >= 0.3 is 0 Å². The van der Waals surface area contributed by atoms with Gasteiger partial charge < -0.3 is 5.32 Å². The van der Waals surface area contributed by atoms with Gasteiger partial charge in [-0.15, -0.1) is 11.3 Å². The van der Waals surface area contributed by atoms with Gasteiger partial charge in [0.05, 0.1) is 10.0 Å². The molecule has 1 aromatic heterocycles. The normalized spacial score (nSPS) is 19.8. The Bertz CT molecular complexity index is 513. The second-order valence-corrected chi connectivity index (χ2v) is 8.84. The number of hydrogen-bond acceptors (Lipinski definition) is 4. The molecule has 2 rings (SSSR count). The number of sulfonamides is 1. The third-order valence-electron chi connectivity index (χ3n) is 2.96. The maximum atomic E-state index is 10.9. The van der Waals surface area contributed by atoms with Crippen LogP contribution in [-0.4, -0.2) is 27.8 Å². The van der Waals surface area contributed by atoms with Crippen LogP contribution in [0.2, 0.25) is 0 Å². The third kappa shape index (κ3) is 4.03. The topological polar surface area (TPSA) is 58.2 Å². The number of fused-ring (bicyclic) bond motifs is 1. The summed E-state index contributed by atoms with van der Waals surface area (Å²) < 4.78 is 25.6. The van der Waals surface area contributed by atoms with Gasteiger partial charge in [0.25, 0.3) is 0 Å². The van der Waals surface area contributed by atoms with Gasteiger partial charge in [-0.1, -0.05) is 0 Å². The Hall–Kier alpha value is 0.0500. The standard InChI is InChI=1S/C11H17BrN2O2S2/c1-18(15,16)14-6-5-13-9-3-2-4-10-8(9)7-11(12)17-10/h7,9,13-14H,2-6H2,1H3. The molecule has 7 heteroatoms. The van der Waals surface area contributed by atoms with Crippen molar-refractivity contribution < 1.29 is 8.42 Å². The summed E-state index contributed by atoms with van der Waals surface area (Å²) in [6.45, 7) is 1.10. The summed E-state index contributed by atoms with van der Waals surface area (Å²) in [6, 6.07) is 2.54. The van der Waals surface area contributed by atoms with E-state index in [-0.39, 0.29) is 0 Å². The molecule has 0 bridgehead atoms. The highest BCUT2D eigenvalue weighted by molar-refractivity contribution is 9.11. The van der Waals surface area contributed by atoms with Gasteiger partial charge in [-0.2, -0.15) is 0 Å². The Morgan fingerprint density at radius 1 is 1.50 bits per heavy atom. The van der Waals surface area contributed by atoms with Crippen LogP contribution in [0.1, 0.15) is 29.3 Å². The van der Waals surface area contributed by atoms with Gasteiger partial charge in [-0.05, 0) is 46.8 Å². The largest absolute Gasteiger partial charge is 0.309 e. The van der Waals surface area contributed by atoms with E-state index in [0.29, 0.717) is 19.1 Å². The maximum absolute atomic E-state index is 10.9. The second kappa shape index (κ2) is 6.00. The Balaban J connectivity index is 1.87.